The van der Waals surface area contributed by atoms with Crippen LogP contribution in [0.15, 0.2) is 0 Å². The minimum Gasteiger partial charge on any atom is 0 e. The van der Waals surface area contributed by atoms with E-state index in [1.54, 1.807) is 0 Å². The van der Waals surface area contributed by atoms with Crippen LogP contribution < -0.4 is 0 Å². The molecule has 5 heavy (non-hydrogen) atoms. The molecule has 5 heteroatoms. The van der Waals surface area contributed by atoms with Gasteiger partial charge in [0.15, 0.2) is 0 Å². The smallest absolute Gasteiger partial charge is 0 e. The first-order valence-electron chi connectivity index (χ1n) is 0. The zero-order valence-electron chi connectivity index (χ0n) is 2.59. The average molecular weight is 499 g/mol. The average Bonchev–Trinajstić information content (AvgIpc) is 0. The molecule has 0 bridgehead atoms. The second-order valence-corrected chi connectivity index (χ2v) is 0. The second kappa shape index (κ2) is 26.1. The molecule has 0 saturated carbocycles. The van der Waals surface area contributed by atoms with Crippen molar-refractivity contribution in [1.29, 1.82) is 0 Å². The van der Waals surface area contributed by atoms with Crippen molar-refractivity contribution >= 4 is 18.0 Å². The summed E-state index contributed by atoms with van der Waals surface area (Å²) in [7, 11) is 0. The standard InChI is InChI=1S/As.Cd.Cr.Hg.Ni. The molecule has 0 atom stereocenters. The molecule has 0 amide bonds. The van der Waals surface area contributed by atoms with Crippen molar-refractivity contribution in [3.8, 4) is 0 Å². The van der Waals surface area contributed by atoms with E-state index in [0.29, 0.717) is 0 Å². The second-order valence-electron chi connectivity index (χ2n) is 0. The van der Waals surface area contributed by atoms with Crippen LogP contribution in [0.25, 0.3) is 0 Å². The van der Waals surface area contributed by atoms with Crippen molar-refractivity contribution in [3.05, 3.63) is 0 Å². The molecular weight excluding hydrogens is 499 g/mol. The van der Waals surface area contributed by atoms with Gasteiger partial charge in [0.2, 0.25) is 0 Å². The van der Waals surface area contributed by atoms with Gasteiger partial charge in [-0.1, -0.05) is 0 Å². The number of rotatable bonds is 0. The van der Waals surface area contributed by atoms with Crippen LogP contribution in [0.2, 0.25) is 0 Å². The first kappa shape index (κ1) is 39.5. The minimum atomic E-state index is 0. The summed E-state index contributed by atoms with van der Waals surface area (Å²) in [5, 5.41) is 0. The molecule has 0 saturated heterocycles. The Balaban J connectivity index is 0. The summed E-state index contributed by atoms with van der Waals surface area (Å²) in [5.74, 6) is 0. The number of hydrogen-bond acceptors (Lipinski definition) is 0. The molecule has 0 aliphatic carbocycles. The molecule has 0 unspecified atom stereocenters. The van der Waals surface area contributed by atoms with Crippen molar-refractivity contribution in [2.75, 3.05) is 0 Å². The molecule has 0 aromatic rings. The van der Waals surface area contributed by atoms with E-state index < -0.39 is 0 Å². The summed E-state index contributed by atoms with van der Waals surface area (Å²) < 4.78 is 0. The molecule has 0 aliphatic rings. The van der Waals surface area contributed by atoms with Gasteiger partial charge < -0.3 is 0 Å². The molecule has 0 spiro atoms. The Hall–Kier alpha value is 3.44. The molecule has 0 aromatic carbocycles. The maximum absolute atomic E-state index is 0. The molecule has 3 radical (unpaired) electrons. The first-order chi connectivity index (χ1) is 0. The van der Waals surface area contributed by atoms with Crippen molar-refractivity contribution in [3.63, 3.8) is 0 Å². The van der Waals surface area contributed by atoms with Crippen LogP contribution in [0, 0.1) is 0 Å². The molecule has 0 aliphatic heterocycles. The van der Waals surface area contributed by atoms with Crippen molar-refractivity contribution in [1.82, 2.24) is 0 Å². The molecule has 0 rings (SSSR count). The Morgan fingerprint density at radius 1 is 1.00 bits per heavy atom. The van der Waals surface area contributed by atoms with Crippen LogP contribution in [0.1, 0.15) is 0 Å². The van der Waals surface area contributed by atoms with Gasteiger partial charge in [-0.2, -0.15) is 0 Å². The third-order valence-electron chi connectivity index (χ3n) is 0. The fourth-order valence-electron chi connectivity index (χ4n) is 0. The van der Waals surface area contributed by atoms with E-state index >= 15 is 0 Å². The summed E-state index contributed by atoms with van der Waals surface area (Å²) in [6, 6.07) is 0. The summed E-state index contributed by atoms with van der Waals surface area (Å²) in [5.41, 5.74) is 0. The first-order valence-corrected chi connectivity index (χ1v) is 0. The van der Waals surface area contributed by atoms with Crippen LogP contribution in [0.5, 0.6) is 0 Å². The maximum atomic E-state index is 0. The van der Waals surface area contributed by atoms with Crippen molar-refractivity contribution in [2.24, 2.45) is 0 Å². The van der Waals surface area contributed by atoms with E-state index in [9.17, 15) is 0 Å². The van der Waals surface area contributed by atoms with Crippen LogP contribution in [0.4, 0.5) is 0 Å². The molecule has 0 fully saturated rings. The van der Waals surface area contributed by atoms with Gasteiger partial charge in [0.25, 0.3) is 0 Å². The van der Waals surface area contributed by atoms with Crippen LogP contribution in [-0.4, -0.2) is 18.0 Å². The Kier molecular flexibility index (Phi) is 206. The van der Waals surface area contributed by atoms with E-state index in [-0.39, 0.29) is 107 Å². The Morgan fingerprint density at radius 3 is 1.00 bits per heavy atom. The predicted octanol–water partition coefficient (Wildman–Crippen LogP) is -0.391. The minimum absolute atomic E-state index is 0. The van der Waals surface area contributed by atoms with Crippen LogP contribution in [0.3, 0.4) is 0 Å². The van der Waals surface area contributed by atoms with E-state index in [1.165, 1.54) is 0 Å². The van der Waals surface area contributed by atoms with Crippen LogP contribution >= 0.6 is 0 Å². The van der Waals surface area contributed by atoms with E-state index in [1.807, 2.05) is 0 Å². The molecular formula is AsCdCrHgNi. The van der Waals surface area contributed by atoms with Gasteiger partial charge in [0.1, 0.15) is 0 Å². The van der Waals surface area contributed by atoms with Crippen LogP contribution in [-0.2, 0) is 88.8 Å². The van der Waals surface area contributed by atoms with Gasteiger partial charge >= 0.3 is 0 Å². The summed E-state index contributed by atoms with van der Waals surface area (Å²) in [6.07, 6.45) is 0. The van der Waals surface area contributed by atoms with Gasteiger partial charge in [-0.05, 0) is 0 Å². The molecule has 0 heterocycles. The Morgan fingerprint density at radius 2 is 1.00 bits per heavy atom. The van der Waals surface area contributed by atoms with E-state index in [0.717, 1.165) is 0 Å². The van der Waals surface area contributed by atoms with Crippen molar-refractivity contribution < 1.29 is 88.8 Å². The monoisotopic (exact) mass is 501 g/mol. The van der Waals surface area contributed by atoms with E-state index in [4.69, 9.17) is 0 Å². The normalized spacial score (nSPS) is 0. The summed E-state index contributed by atoms with van der Waals surface area (Å²) in [6.45, 7) is 0. The molecule has 0 N–H and O–H groups in total. The topological polar surface area (TPSA) is 0 Å². The fraction of sp³-hybridized carbons (Fsp3) is 0. The van der Waals surface area contributed by atoms with Gasteiger partial charge in [0, 0.05) is 107 Å². The summed E-state index contributed by atoms with van der Waals surface area (Å²) in [4.78, 5) is 0. The molecule has 0 aromatic heterocycles. The maximum Gasteiger partial charge on any atom is 0 e. The largest absolute Gasteiger partial charge is 0 e. The predicted molar refractivity (Wildman–Crippen MR) is 5.75 cm³/mol. The molecule has 0 nitrogen and oxygen atoms in total. The fourth-order valence-corrected chi connectivity index (χ4v) is 0. The summed E-state index contributed by atoms with van der Waals surface area (Å²) >= 11 is 0. The van der Waals surface area contributed by atoms with Gasteiger partial charge in [-0.3, -0.25) is 0 Å². The number of hydrogen-bond donors (Lipinski definition) is 0. The zero-order valence-corrected chi connectivity index (χ0v) is 16.3. The zero-order chi connectivity index (χ0) is 0. The third-order valence-corrected chi connectivity index (χ3v) is 0. The quantitative estimate of drug-likeness (QED) is 0.400. The van der Waals surface area contributed by atoms with E-state index in [2.05, 4.69) is 0 Å². The third kappa shape index (κ3) is 18.6. The van der Waals surface area contributed by atoms with Gasteiger partial charge in [-0.15, -0.1) is 0 Å². The SMILES string of the molecule is [As].[Cd].[Cr].[Hg].[Ni]. The van der Waals surface area contributed by atoms with Crippen molar-refractivity contribution in [2.45, 2.75) is 0 Å². The Bertz CT molecular complexity index is 11.6. The van der Waals surface area contributed by atoms with Gasteiger partial charge in [-0.25, -0.2) is 0 Å². The molecule has 25 valence electrons. The van der Waals surface area contributed by atoms with Gasteiger partial charge in [0.05, 0.1) is 0 Å². The Labute approximate surface area is 105 Å².